The average molecular weight is 265 g/mol. The summed E-state index contributed by atoms with van der Waals surface area (Å²) in [5.41, 5.74) is 6.29. The lowest BCUT2D eigenvalue weighted by Crippen LogP contribution is -2.37. The molecule has 7 nitrogen and oxygen atoms in total. The van der Waals surface area contributed by atoms with E-state index in [1.165, 1.54) is 0 Å². The molecule has 1 heterocycles. The van der Waals surface area contributed by atoms with Crippen molar-refractivity contribution in [1.29, 1.82) is 0 Å². The summed E-state index contributed by atoms with van der Waals surface area (Å²) in [4.78, 5) is 26.7. The van der Waals surface area contributed by atoms with Gasteiger partial charge in [-0.05, 0) is 18.6 Å². The van der Waals surface area contributed by atoms with Crippen LogP contribution in [0.25, 0.3) is 0 Å². The van der Waals surface area contributed by atoms with Gasteiger partial charge in [-0.3, -0.25) is 4.79 Å². The van der Waals surface area contributed by atoms with Gasteiger partial charge in [0.05, 0.1) is 0 Å². The lowest BCUT2D eigenvalue weighted by Gasteiger charge is -2.08. The number of pyridine rings is 1. The van der Waals surface area contributed by atoms with Gasteiger partial charge in [0.25, 0.3) is 5.91 Å². The molecule has 7 heteroatoms. The van der Waals surface area contributed by atoms with Crippen molar-refractivity contribution in [2.24, 2.45) is 5.73 Å². The number of nitrogens with zero attached hydrogens (tertiary/aromatic N) is 1. The van der Waals surface area contributed by atoms with Gasteiger partial charge < -0.3 is 21.7 Å². The van der Waals surface area contributed by atoms with Crippen LogP contribution in [-0.4, -0.2) is 37.1 Å². The van der Waals surface area contributed by atoms with Crippen molar-refractivity contribution < 1.29 is 9.59 Å². The Kier molecular flexibility index (Phi) is 5.59. The van der Waals surface area contributed by atoms with E-state index in [0.29, 0.717) is 24.5 Å². The average Bonchev–Trinajstić information content (AvgIpc) is 2.42. The van der Waals surface area contributed by atoms with E-state index in [1.807, 2.05) is 6.92 Å². The minimum absolute atomic E-state index is 0.208. The van der Waals surface area contributed by atoms with E-state index in [9.17, 15) is 9.59 Å². The van der Waals surface area contributed by atoms with Crippen molar-refractivity contribution in [3.8, 4) is 0 Å². The van der Waals surface area contributed by atoms with E-state index in [-0.39, 0.29) is 5.91 Å². The molecular weight excluding hydrogens is 246 g/mol. The van der Waals surface area contributed by atoms with Crippen LogP contribution < -0.4 is 21.7 Å². The number of primary amides is 1. The van der Waals surface area contributed by atoms with Gasteiger partial charge >= 0.3 is 6.03 Å². The summed E-state index contributed by atoms with van der Waals surface area (Å²) >= 11 is 0. The largest absolute Gasteiger partial charge is 0.373 e. The molecule has 0 bridgehead atoms. The highest BCUT2D eigenvalue weighted by molar-refractivity contribution is 5.95. The number of aromatic nitrogens is 1. The Morgan fingerprint density at radius 2 is 1.95 bits per heavy atom. The number of anilines is 1. The van der Waals surface area contributed by atoms with E-state index < -0.39 is 6.03 Å². The van der Waals surface area contributed by atoms with Gasteiger partial charge in [0.15, 0.2) is 0 Å². The van der Waals surface area contributed by atoms with Crippen LogP contribution in [0.15, 0.2) is 12.1 Å². The summed E-state index contributed by atoms with van der Waals surface area (Å²) in [7, 11) is 1.75. The standard InChI is InChI=1S/C12H19N5O2/c1-3-9-6-8(7-10(14-2)17-9)11(18)15-4-5-16-12(13)19/h6-7H,3-5H2,1-2H3,(H,14,17)(H,15,18)(H3,13,16,19). The molecule has 1 rings (SSSR count). The topological polar surface area (TPSA) is 109 Å². The maximum atomic E-state index is 11.9. The number of hydrogen-bond donors (Lipinski definition) is 4. The number of hydrogen-bond acceptors (Lipinski definition) is 4. The lowest BCUT2D eigenvalue weighted by molar-refractivity contribution is 0.0953. The normalized spacial score (nSPS) is 9.79. The molecule has 0 spiro atoms. The van der Waals surface area contributed by atoms with Crippen LogP contribution in [0.3, 0.4) is 0 Å². The summed E-state index contributed by atoms with van der Waals surface area (Å²) in [6.07, 6.45) is 0.749. The molecular formula is C12H19N5O2. The highest BCUT2D eigenvalue weighted by Crippen LogP contribution is 2.10. The second kappa shape index (κ2) is 7.20. The Hall–Kier alpha value is -2.31. The van der Waals surface area contributed by atoms with Crippen molar-refractivity contribution in [3.05, 3.63) is 23.4 Å². The summed E-state index contributed by atoms with van der Waals surface area (Å²) in [5, 5.41) is 8.00. The molecule has 0 aliphatic heterocycles. The first-order valence-electron chi connectivity index (χ1n) is 6.07. The molecule has 0 unspecified atom stereocenters. The van der Waals surface area contributed by atoms with Crippen molar-refractivity contribution in [3.63, 3.8) is 0 Å². The first-order chi connectivity index (χ1) is 9.06. The second-order valence-corrected chi connectivity index (χ2v) is 3.88. The van der Waals surface area contributed by atoms with E-state index in [1.54, 1.807) is 19.2 Å². The van der Waals surface area contributed by atoms with Crippen molar-refractivity contribution >= 4 is 17.8 Å². The number of rotatable bonds is 6. The zero-order valence-corrected chi connectivity index (χ0v) is 11.1. The minimum Gasteiger partial charge on any atom is -0.373 e. The zero-order chi connectivity index (χ0) is 14.3. The molecule has 0 atom stereocenters. The van der Waals surface area contributed by atoms with E-state index in [2.05, 4.69) is 20.9 Å². The molecule has 1 aromatic heterocycles. The lowest BCUT2D eigenvalue weighted by atomic mass is 10.2. The second-order valence-electron chi connectivity index (χ2n) is 3.88. The molecule has 0 aliphatic rings. The number of nitrogens with two attached hydrogens (primary N) is 1. The van der Waals surface area contributed by atoms with Gasteiger partial charge in [0.2, 0.25) is 0 Å². The minimum atomic E-state index is -0.608. The predicted octanol–water partition coefficient (Wildman–Crippen LogP) is 0.0838. The van der Waals surface area contributed by atoms with Crippen LogP contribution in [0.1, 0.15) is 23.0 Å². The van der Waals surface area contributed by atoms with Gasteiger partial charge in [0.1, 0.15) is 5.82 Å². The predicted molar refractivity (Wildman–Crippen MR) is 73.1 cm³/mol. The fourth-order valence-corrected chi connectivity index (χ4v) is 1.49. The molecule has 1 aromatic rings. The third-order valence-electron chi connectivity index (χ3n) is 2.47. The first kappa shape index (κ1) is 14.7. The smallest absolute Gasteiger partial charge is 0.312 e. The Labute approximate surface area is 112 Å². The third-order valence-corrected chi connectivity index (χ3v) is 2.47. The number of carbonyl (C=O) groups is 2. The summed E-state index contributed by atoms with van der Waals surface area (Å²) in [6.45, 7) is 2.59. The van der Waals surface area contributed by atoms with Gasteiger partial charge in [-0.25, -0.2) is 9.78 Å². The summed E-state index contributed by atoms with van der Waals surface area (Å²) in [6, 6.07) is 2.82. The Bertz CT molecular complexity index is 439. The highest BCUT2D eigenvalue weighted by atomic mass is 16.2. The Morgan fingerprint density at radius 3 is 2.53 bits per heavy atom. The zero-order valence-electron chi connectivity index (χ0n) is 11.1. The molecule has 0 saturated carbocycles. The molecule has 0 radical (unpaired) electrons. The number of nitrogens with one attached hydrogen (secondary N) is 3. The molecule has 0 aromatic carbocycles. The Morgan fingerprint density at radius 1 is 1.26 bits per heavy atom. The van der Waals surface area contributed by atoms with E-state index in [0.717, 1.165) is 12.1 Å². The quantitative estimate of drug-likeness (QED) is 0.546. The van der Waals surface area contributed by atoms with Crippen LogP contribution in [0, 0.1) is 0 Å². The molecule has 0 saturated heterocycles. The van der Waals surface area contributed by atoms with Crippen LogP contribution in [-0.2, 0) is 6.42 Å². The molecule has 3 amide bonds. The van der Waals surface area contributed by atoms with E-state index in [4.69, 9.17) is 5.73 Å². The van der Waals surface area contributed by atoms with E-state index >= 15 is 0 Å². The van der Waals surface area contributed by atoms with Crippen LogP contribution >= 0.6 is 0 Å². The fourth-order valence-electron chi connectivity index (χ4n) is 1.49. The number of aryl methyl sites for hydroxylation is 1. The first-order valence-corrected chi connectivity index (χ1v) is 6.07. The maximum absolute atomic E-state index is 11.9. The SMILES string of the molecule is CCc1cc(C(=O)NCCNC(N)=O)cc(NC)n1. The van der Waals surface area contributed by atoms with Crippen LogP contribution in [0.4, 0.5) is 10.6 Å². The van der Waals surface area contributed by atoms with Crippen LogP contribution in [0.5, 0.6) is 0 Å². The van der Waals surface area contributed by atoms with Gasteiger partial charge in [0, 0.05) is 31.4 Å². The third kappa shape index (κ3) is 4.82. The Balaban J connectivity index is 2.63. The molecule has 19 heavy (non-hydrogen) atoms. The molecule has 0 fully saturated rings. The van der Waals surface area contributed by atoms with Crippen molar-refractivity contribution in [2.45, 2.75) is 13.3 Å². The van der Waals surface area contributed by atoms with Gasteiger partial charge in [-0.1, -0.05) is 6.92 Å². The van der Waals surface area contributed by atoms with Crippen molar-refractivity contribution in [2.75, 3.05) is 25.5 Å². The molecule has 5 N–H and O–H groups in total. The number of carbonyl (C=O) groups excluding carboxylic acids is 2. The summed E-state index contributed by atoms with van der Waals surface area (Å²) in [5.74, 6) is 0.444. The monoisotopic (exact) mass is 265 g/mol. The van der Waals surface area contributed by atoms with Crippen LogP contribution in [0.2, 0.25) is 0 Å². The highest BCUT2D eigenvalue weighted by Gasteiger charge is 2.08. The van der Waals surface area contributed by atoms with Gasteiger partial charge in [-0.15, -0.1) is 0 Å². The molecule has 104 valence electrons. The number of amides is 3. The number of urea groups is 1. The fraction of sp³-hybridized carbons (Fsp3) is 0.417. The van der Waals surface area contributed by atoms with Gasteiger partial charge in [-0.2, -0.15) is 0 Å². The summed E-state index contributed by atoms with van der Waals surface area (Å²) < 4.78 is 0. The molecule has 0 aliphatic carbocycles. The van der Waals surface area contributed by atoms with Crippen molar-refractivity contribution in [1.82, 2.24) is 15.6 Å². The maximum Gasteiger partial charge on any atom is 0.312 e.